The number of pyridine rings is 2. The lowest BCUT2D eigenvalue weighted by molar-refractivity contribution is 0.101. The van der Waals surface area contributed by atoms with E-state index >= 15 is 0 Å². The normalized spacial score (nSPS) is 18.2. The topological polar surface area (TPSA) is 86.2 Å². The summed E-state index contributed by atoms with van der Waals surface area (Å²) in [5, 5.41) is 0. The van der Waals surface area contributed by atoms with Crippen molar-refractivity contribution in [1.29, 1.82) is 0 Å². The molecule has 0 spiro atoms. The lowest BCUT2D eigenvalue weighted by atomic mass is 10.0. The van der Waals surface area contributed by atoms with Crippen molar-refractivity contribution in [3.05, 3.63) is 114 Å². The van der Waals surface area contributed by atoms with Crippen LogP contribution >= 0.6 is 0 Å². The number of amides is 1. The smallest absolute Gasteiger partial charge is 0.417 e. The number of cyclic esters (lactones) is 1. The van der Waals surface area contributed by atoms with E-state index in [1.54, 1.807) is 13.4 Å². The molecule has 4 heterocycles. The van der Waals surface area contributed by atoms with Crippen LogP contribution in [-0.2, 0) is 27.2 Å². The van der Waals surface area contributed by atoms with Crippen LogP contribution in [0.4, 0.5) is 4.79 Å². The van der Waals surface area contributed by atoms with Crippen LogP contribution in [0.15, 0.2) is 103 Å². The summed E-state index contributed by atoms with van der Waals surface area (Å²) in [6.07, 6.45) is 13.8. The summed E-state index contributed by atoms with van der Waals surface area (Å²) in [5.41, 5.74) is 5.09. The zero-order valence-corrected chi connectivity index (χ0v) is 23.6. The summed E-state index contributed by atoms with van der Waals surface area (Å²) in [7, 11) is 1.62. The molecule has 9 heteroatoms. The molecule has 2 aliphatic heterocycles. The highest BCUT2D eigenvalue weighted by Gasteiger charge is 2.37. The van der Waals surface area contributed by atoms with E-state index in [0.29, 0.717) is 30.6 Å². The summed E-state index contributed by atoms with van der Waals surface area (Å²) in [5.74, 6) is 1.54. The van der Waals surface area contributed by atoms with Crippen molar-refractivity contribution in [2.45, 2.75) is 38.3 Å². The number of fused-ring (bicyclic) bond motifs is 1. The molecular weight excluding hydrogens is 532 g/mol. The fourth-order valence-corrected chi connectivity index (χ4v) is 5.41. The zero-order valence-electron chi connectivity index (χ0n) is 23.6. The highest BCUT2D eigenvalue weighted by molar-refractivity contribution is 5.78. The highest BCUT2D eigenvalue weighted by Crippen LogP contribution is 2.30. The third-order valence-electron chi connectivity index (χ3n) is 7.51. The van der Waals surface area contributed by atoms with Crippen molar-refractivity contribution < 1.29 is 23.7 Å². The zero-order chi connectivity index (χ0) is 28.7. The molecule has 9 nitrogen and oxygen atoms in total. The van der Waals surface area contributed by atoms with Crippen LogP contribution in [0.2, 0.25) is 0 Å². The van der Waals surface area contributed by atoms with Crippen molar-refractivity contribution in [1.82, 2.24) is 19.8 Å². The van der Waals surface area contributed by atoms with Gasteiger partial charge in [0.15, 0.2) is 12.0 Å². The van der Waals surface area contributed by atoms with E-state index < -0.39 is 6.09 Å². The van der Waals surface area contributed by atoms with Crippen LogP contribution in [-0.4, -0.2) is 58.7 Å². The number of allylic oxidation sites excluding steroid dienone is 4. The van der Waals surface area contributed by atoms with Crippen LogP contribution in [0.5, 0.6) is 5.88 Å². The Morgan fingerprint density at radius 1 is 1.12 bits per heavy atom. The number of aryl methyl sites for hydroxylation is 1. The summed E-state index contributed by atoms with van der Waals surface area (Å²) in [6.45, 7) is 2.53. The van der Waals surface area contributed by atoms with Crippen LogP contribution < -0.4 is 4.74 Å². The maximum atomic E-state index is 12.9. The molecule has 0 saturated carbocycles. The molecular formula is C33H34N4O5. The van der Waals surface area contributed by atoms with Gasteiger partial charge in [-0.2, -0.15) is 0 Å². The van der Waals surface area contributed by atoms with Gasteiger partial charge < -0.3 is 18.9 Å². The van der Waals surface area contributed by atoms with Gasteiger partial charge in [0.25, 0.3) is 0 Å². The largest absolute Gasteiger partial charge is 0.481 e. The van der Waals surface area contributed by atoms with Crippen LogP contribution in [0.25, 0.3) is 11.0 Å². The minimum atomic E-state index is -0.434. The number of carbonyl (C=O) groups excluding carboxylic acids is 1. The Bertz CT molecular complexity index is 1550. The molecule has 3 aromatic rings. The molecule has 2 aromatic heterocycles. The van der Waals surface area contributed by atoms with Gasteiger partial charge in [-0.15, -0.1) is 0 Å². The number of hydrogen-bond acceptors (Lipinski definition) is 8. The summed E-state index contributed by atoms with van der Waals surface area (Å²) in [6, 6.07) is 16.1. The molecule has 6 rings (SSSR count). The Balaban J connectivity index is 1.11. The van der Waals surface area contributed by atoms with Gasteiger partial charge in [0.05, 0.1) is 24.7 Å². The predicted molar refractivity (Wildman–Crippen MR) is 158 cm³/mol. The Kier molecular flexibility index (Phi) is 8.46. The minimum Gasteiger partial charge on any atom is -0.481 e. The molecule has 0 bridgehead atoms. The monoisotopic (exact) mass is 566 g/mol. The summed E-state index contributed by atoms with van der Waals surface area (Å²) < 4.78 is 22.8. The fraction of sp³-hybridized carbons (Fsp3) is 0.303. The molecule has 0 unspecified atom stereocenters. The maximum absolute atomic E-state index is 12.9. The Hall–Kier alpha value is -4.63. The van der Waals surface area contributed by atoms with E-state index in [9.17, 15) is 4.79 Å². The quantitative estimate of drug-likeness (QED) is 0.285. The lowest BCUT2D eigenvalue weighted by Gasteiger charge is -2.25. The lowest BCUT2D eigenvalue weighted by Crippen LogP contribution is -2.35. The molecule has 3 aliphatic rings. The summed E-state index contributed by atoms with van der Waals surface area (Å²) in [4.78, 5) is 25.9. The molecule has 1 saturated heterocycles. The minimum absolute atomic E-state index is 0.315. The number of ether oxygens (including phenoxy) is 4. The Morgan fingerprint density at radius 3 is 2.86 bits per heavy atom. The van der Waals surface area contributed by atoms with E-state index in [2.05, 4.69) is 33.1 Å². The first-order chi connectivity index (χ1) is 20.7. The average molecular weight is 567 g/mol. The molecule has 1 aliphatic carbocycles. The van der Waals surface area contributed by atoms with E-state index in [1.807, 2.05) is 54.7 Å². The van der Waals surface area contributed by atoms with Crippen molar-refractivity contribution in [3.63, 3.8) is 0 Å². The number of benzene rings is 1. The first kappa shape index (κ1) is 27.5. The number of methoxy groups -OCH3 is 1. The molecule has 1 atom stereocenters. The van der Waals surface area contributed by atoms with E-state index in [1.165, 1.54) is 16.7 Å². The van der Waals surface area contributed by atoms with Crippen molar-refractivity contribution in [2.75, 3.05) is 26.7 Å². The summed E-state index contributed by atoms with van der Waals surface area (Å²) >= 11 is 0. The van der Waals surface area contributed by atoms with Gasteiger partial charge in [0.2, 0.25) is 11.8 Å². The number of hydrogen-bond donors (Lipinski definition) is 0. The van der Waals surface area contributed by atoms with Crippen LogP contribution in [0, 0.1) is 0 Å². The van der Waals surface area contributed by atoms with Crippen molar-refractivity contribution in [3.8, 4) is 5.88 Å². The highest BCUT2D eigenvalue weighted by atomic mass is 16.6. The average Bonchev–Trinajstić information content (AvgIpc) is 3.41. The van der Waals surface area contributed by atoms with E-state index in [4.69, 9.17) is 18.9 Å². The van der Waals surface area contributed by atoms with Gasteiger partial charge in [0.1, 0.15) is 12.4 Å². The van der Waals surface area contributed by atoms with Crippen LogP contribution in [0.3, 0.4) is 0 Å². The van der Waals surface area contributed by atoms with Gasteiger partial charge in [0, 0.05) is 25.4 Å². The standard InChI is InChI=1S/C33H34N4O5/c1-39-30-15-14-28-32(35-30)26(16-17-34-28)13-8-18-36(19-24-9-4-2-5-10-24)20-27-21-37(33(38)41-27)31-23-40-22-29(42-31)25-11-6-3-7-12-25/h2-6,9-11,14-17,22-23,27H,7-8,12-13,18-21H2,1H3/t27-/m1/s1. The van der Waals surface area contributed by atoms with Crippen molar-refractivity contribution >= 4 is 17.1 Å². The van der Waals surface area contributed by atoms with Gasteiger partial charge in [-0.25, -0.2) is 14.7 Å². The third-order valence-corrected chi connectivity index (χ3v) is 7.51. The van der Waals surface area contributed by atoms with Gasteiger partial charge in [-0.3, -0.25) is 9.88 Å². The van der Waals surface area contributed by atoms with Gasteiger partial charge >= 0.3 is 6.09 Å². The second-order valence-corrected chi connectivity index (χ2v) is 10.5. The first-order valence-corrected chi connectivity index (χ1v) is 14.3. The predicted octanol–water partition coefficient (Wildman–Crippen LogP) is 5.86. The molecule has 216 valence electrons. The molecule has 1 amide bonds. The van der Waals surface area contributed by atoms with Gasteiger partial charge in [-0.05, 0) is 61.1 Å². The molecule has 1 fully saturated rings. The second kappa shape index (κ2) is 12.9. The second-order valence-electron chi connectivity index (χ2n) is 10.5. The Labute approximate surface area is 245 Å². The number of carbonyl (C=O) groups is 1. The SMILES string of the molecule is COc1ccc2nccc(CCCN(Cc3ccccc3)C[C@@H]3CN(C4=COC=C(C5=CC=CCC5)O4)C(=O)O3)c2n1. The van der Waals surface area contributed by atoms with Crippen LogP contribution in [0.1, 0.15) is 30.4 Å². The maximum Gasteiger partial charge on any atom is 0.417 e. The number of rotatable bonds is 11. The third kappa shape index (κ3) is 6.47. The Morgan fingerprint density at radius 2 is 2.02 bits per heavy atom. The fourth-order valence-electron chi connectivity index (χ4n) is 5.41. The number of aromatic nitrogens is 2. The van der Waals surface area contributed by atoms with Gasteiger partial charge in [-0.1, -0.05) is 48.6 Å². The molecule has 0 radical (unpaired) electrons. The van der Waals surface area contributed by atoms with Crippen molar-refractivity contribution in [2.24, 2.45) is 0 Å². The molecule has 0 N–H and O–H groups in total. The van der Waals surface area contributed by atoms with E-state index in [0.717, 1.165) is 60.9 Å². The molecule has 1 aromatic carbocycles. The number of nitrogens with zero attached hydrogens (tertiary/aromatic N) is 4. The molecule has 42 heavy (non-hydrogen) atoms. The van der Waals surface area contributed by atoms with E-state index in [-0.39, 0.29) is 6.10 Å². The first-order valence-electron chi connectivity index (χ1n) is 14.3.